The molecule has 5 nitrogen and oxygen atoms in total. The molecule has 2 unspecified atom stereocenters. The van der Waals surface area contributed by atoms with Crippen LogP contribution >= 0.6 is 0 Å². The minimum Gasteiger partial charge on any atom is -0.394 e. The average Bonchev–Trinajstić information content (AvgIpc) is 3.01. The van der Waals surface area contributed by atoms with E-state index in [9.17, 15) is 14.7 Å². The van der Waals surface area contributed by atoms with Gasteiger partial charge >= 0.3 is 0 Å². The molecule has 102 valence electrons. The Kier molecular flexibility index (Phi) is 3.90. The Morgan fingerprint density at radius 3 is 2.50 bits per heavy atom. The van der Waals surface area contributed by atoms with E-state index in [0.29, 0.717) is 12.5 Å². The predicted molar refractivity (Wildman–Crippen MR) is 66.7 cm³/mol. The third kappa shape index (κ3) is 3.02. The molecule has 0 spiro atoms. The van der Waals surface area contributed by atoms with Crippen LogP contribution in [0.2, 0.25) is 0 Å². The van der Waals surface area contributed by atoms with E-state index < -0.39 is 0 Å². The number of amides is 2. The molecule has 0 radical (unpaired) electrons. The van der Waals surface area contributed by atoms with Crippen molar-refractivity contribution in [3.63, 3.8) is 0 Å². The molecule has 0 aromatic rings. The molecule has 0 aromatic heterocycles. The van der Waals surface area contributed by atoms with Crippen LogP contribution in [-0.2, 0) is 9.59 Å². The van der Waals surface area contributed by atoms with Crippen LogP contribution in [0.5, 0.6) is 0 Å². The van der Waals surface area contributed by atoms with Gasteiger partial charge in [0.2, 0.25) is 11.8 Å². The van der Waals surface area contributed by atoms with Gasteiger partial charge in [0, 0.05) is 18.9 Å². The van der Waals surface area contributed by atoms with Gasteiger partial charge in [-0.25, -0.2) is 0 Å². The highest BCUT2D eigenvalue weighted by Crippen LogP contribution is 2.37. The van der Waals surface area contributed by atoms with Crippen molar-refractivity contribution in [1.29, 1.82) is 0 Å². The number of carbonyl (C=O) groups is 2. The van der Waals surface area contributed by atoms with E-state index in [2.05, 4.69) is 17.6 Å². The molecule has 2 rings (SSSR count). The number of rotatable bonds is 6. The zero-order chi connectivity index (χ0) is 13.2. The lowest BCUT2D eigenvalue weighted by Gasteiger charge is -2.41. The summed E-state index contributed by atoms with van der Waals surface area (Å²) in [6, 6.07) is 0. The fourth-order valence-electron chi connectivity index (χ4n) is 2.40. The van der Waals surface area contributed by atoms with E-state index in [1.807, 2.05) is 0 Å². The first kappa shape index (κ1) is 13.3. The lowest BCUT2D eigenvalue weighted by Crippen LogP contribution is -2.56. The van der Waals surface area contributed by atoms with E-state index in [1.54, 1.807) is 0 Å². The maximum atomic E-state index is 11.7. The molecule has 0 heterocycles. The van der Waals surface area contributed by atoms with Gasteiger partial charge in [0.15, 0.2) is 0 Å². The predicted octanol–water partition coefficient (Wildman–Crippen LogP) is 0.180. The highest BCUT2D eigenvalue weighted by molar-refractivity contribution is 5.82. The van der Waals surface area contributed by atoms with Crippen LogP contribution in [-0.4, -0.2) is 35.6 Å². The van der Waals surface area contributed by atoms with Crippen molar-refractivity contribution < 1.29 is 14.7 Å². The molecule has 3 N–H and O–H groups in total. The molecule has 2 aliphatic rings. The molecule has 5 heteroatoms. The standard InChI is InChI=1S/C13H22N2O3/c1-9-7-10(9)12(18)14-6-3-11(17)15-13(8-16)4-2-5-13/h9-10,16H,2-8H2,1H3,(H,14,18)(H,15,17). The molecule has 2 aliphatic carbocycles. The molecular weight excluding hydrogens is 232 g/mol. The Hall–Kier alpha value is -1.10. The summed E-state index contributed by atoms with van der Waals surface area (Å²) in [5.41, 5.74) is -0.383. The zero-order valence-corrected chi connectivity index (χ0v) is 10.9. The van der Waals surface area contributed by atoms with Gasteiger partial charge in [0.1, 0.15) is 0 Å². The lowest BCUT2D eigenvalue weighted by molar-refractivity contribution is -0.125. The Balaban J connectivity index is 1.61. The smallest absolute Gasteiger partial charge is 0.223 e. The Bertz CT molecular complexity index is 334. The Morgan fingerprint density at radius 1 is 1.39 bits per heavy atom. The summed E-state index contributed by atoms with van der Waals surface area (Å²) in [5.74, 6) is 0.624. The first-order valence-electron chi connectivity index (χ1n) is 6.76. The highest BCUT2D eigenvalue weighted by atomic mass is 16.3. The minimum absolute atomic E-state index is 0.00465. The summed E-state index contributed by atoms with van der Waals surface area (Å²) < 4.78 is 0. The van der Waals surface area contributed by atoms with Crippen LogP contribution in [0.3, 0.4) is 0 Å². The second-order valence-corrected chi connectivity index (χ2v) is 5.70. The topological polar surface area (TPSA) is 78.4 Å². The summed E-state index contributed by atoms with van der Waals surface area (Å²) in [5, 5.41) is 14.9. The van der Waals surface area contributed by atoms with Gasteiger partial charge < -0.3 is 15.7 Å². The van der Waals surface area contributed by atoms with Gasteiger partial charge in [-0.05, 0) is 31.6 Å². The normalized spacial score (nSPS) is 28.1. The molecule has 2 saturated carbocycles. The Morgan fingerprint density at radius 2 is 2.06 bits per heavy atom. The third-order valence-electron chi connectivity index (χ3n) is 4.12. The molecule has 2 atom stereocenters. The van der Waals surface area contributed by atoms with Crippen molar-refractivity contribution in [2.75, 3.05) is 13.2 Å². The maximum Gasteiger partial charge on any atom is 0.223 e. The number of aliphatic hydroxyl groups excluding tert-OH is 1. The SMILES string of the molecule is CC1CC1C(=O)NCCC(=O)NC1(CO)CCC1. The van der Waals surface area contributed by atoms with Crippen LogP contribution in [0.25, 0.3) is 0 Å². The summed E-state index contributed by atoms with van der Waals surface area (Å²) in [7, 11) is 0. The van der Waals surface area contributed by atoms with Crippen LogP contribution in [0.15, 0.2) is 0 Å². The number of carbonyl (C=O) groups excluding carboxylic acids is 2. The number of hydrogen-bond acceptors (Lipinski definition) is 3. The second-order valence-electron chi connectivity index (χ2n) is 5.70. The van der Waals surface area contributed by atoms with Crippen LogP contribution < -0.4 is 10.6 Å². The zero-order valence-electron chi connectivity index (χ0n) is 10.9. The quantitative estimate of drug-likeness (QED) is 0.632. The highest BCUT2D eigenvalue weighted by Gasteiger charge is 2.39. The van der Waals surface area contributed by atoms with Crippen LogP contribution in [0.4, 0.5) is 0 Å². The van der Waals surface area contributed by atoms with Gasteiger partial charge in [-0.1, -0.05) is 6.92 Å². The van der Waals surface area contributed by atoms with Crippen molar-refractivity contribution in [2.24, 2.45) is 11.8 Å². The molecule has 0 saturated heterocycles. The summed E-state index contributed by atoms with van der Waals surface area (Å²) in [4.78, 5) is 23.2. The average molecular weight is 254 g/mol. The van der Waals surface area contributed by atoms with Gasteiger partial charge in [-0.15, -0.1) is 0 Å². The minimum atomic E-state index is -0.383. The second kappa shape index (κ2) is 5.26. The van der Waals surface area contributed by atoms with Crippen molar-refractivity contribution in [3.8, 4) is 0 Å². The molecule has 0 bridgehead atoms. The molecule has 2 fully saturated rings. The molecular formula is C13H22N2O3. The van der Waals surface area contributed by atoms with E-state index in [0.717, 1.165) is 25.7 Å². The van der Waals surface area contributed by atoms with Crippen molar-refractivity contribution in [1.82, 2.24) is 10.6 Å². The molecule has 18 heavy (non-hydrogen) atoms. The van der Waals surface area contributed by atoms with Gasteiger partial charge in [0.05, 0.1) is 12.1 Å². The fraction of sp³-hybridized carbons (Fsp3) is 0.846. The first-order valence-corrected chi connectivity index (χ1v) is 6.76. The monoisotopic (exact) mass is 254 g/mol. The van der Waals surface area contributed by atoms with E-state index >= 15 is 0 Å². The number of aliphatic hydroxyl groups is 1. The third-order valence-corrected chi connectivity index (χ3v) is 4.12. The van der Waals surface area contributed by atoms with Crippen molar-refractivity contribution >= 4 is 11.8 Å². The van der Waals surface area contributed by atoms with Crippen LogP contribution in [0.1, 0.15) is 39.0 Å². The first-order chi connectivity index (χ1) is 8.56. The number of hydrogen-bond donors (Lipinski definition) is 3. The van der Waals surface area contributed by atoms with Crippen LogP contribution in [0, 0.1) is 11.8 Å². The number of nitrogens with one attached hydrogen (secondary N) is 2. The fourth-order valence-corrected chi connectivity index (χ4v) is 2.40. The summed E-state index contributed by atoms with van der Waals surface area (Å²) in [6.07, 6.45) is 4.00. The van der Waals surface area contributed by atoms with Crippen molar-refractivity contribution in [3.05, 3.63) is 0 Å². The van der Waals surface area contributed by atoms with E-state index in [-0.39, 0.29) is 36.3 Å². The summed E-state index contributed by atoms with van der Waals surface area (Å²) in [6.45, 7) is 2.44. The molecule has 0 aromatic carbocycles. The van der Waals surface area contributed by atoms with E-state index in [1.165, 1.54) is 0 Å². The van der Waals surface area contributed by atoms with Crippen molar-refractivity contribution in [2.45, 2.75) is 44.6 Å². The molecule has 2 amide bonds. The summed E-state index contributed by atoms with van der Waals surface area (Å²) >= 11 is 0. The van der Waals surface area contributed by atoms with Gasteiger partial charge in [-0.3, -0.25) is 9.59 Å². The lowest BCUT2D eigenvalue weighted by atomic mass is 9.77. The van der Waals surface area contributed by atoms with E-state index in [4.69, 9.17) is 0 Å². The largest absolute Gasteiger partial charge is 0.394 e. The van der Waals surface area contributed by atoms with Gasteiger partial charge in [0.25, 0.3) is 0 Å². The maximum absolute atomic E-state index is 11.7. The Labute approximate surface area is 107 Å². The molecule has 0 aliphatic heterocycles. The van der Waals surface area contributed by atoms with Gasteiger partial charge in [-0.2, -0.15) is 0 Å².